The predicted molar refractivity (Wildman–Crippen MR) is 103 cm³/mol. The Morgan fingerprint density at radius 2 is 2.06 bits per heavy atom. The Bertz CT molecular complexity index is 1130. The first-order valence-corrected chi connectivity index (χ1v) is 9.72. The van der Waals surface area contributed by atoms with Gasteiger partial charge in [-0.3, -0.25) is 9.48 Å². The Morgan fingerprint density at radius 1 is 1.29 bits per heavy atom. The molecular formula is C19H17ClF4N6O. The maximum Gasteiger partial charge on any atom is 0.417 e. The zero-order valence-electron chi connectivity index (χ0n) is 16.3. The van der Waals surface area contributed by atoms with Crippen molar-refractivity contribution in [3.63, 3.8) is 0 Å². The smallest absolute Gasteiger partial charge is 0.330 e. The van der Waals surface area contributed by atoms with Crippen molar-refractivity contribution in [2.45, 2.75) is 31.6 Å². The van der Waals surface area contributed by atoms with Gasteiger partial charge < -0.3 is 4.90 Å². The molecule has 2 aromatic heterocycles. The highest BCUT2D eigenvalue weighted by molar-refractivity contribution is 6.32. The van der Waals surface area contributed by atoms with Gasteiger partial charge >= 0.3 is 6.18 Å². The van der Waals surface area contributed by atoms with Gasteiger partial charge in [-0.05, 0) is 13.0 Å². The van der Waals surface area contributed by atoms with Gasteiger partial charge in [-0.1, -0.05) is 28.9 Å². The second-order valence-corrected chi connectivity index (χ2v) is 7.59. The van der Waals surface area contributed by atoms with Crippen molar-refractivity contribution in [1.29, 1.82) is 0 Å². The highest BCUT2D eigenvalue weighted by Crippen LogP contribution is 2.45. The van der Waals surface area contributed by atoms with Crippen LogP contribution in [0.15, 0.2) is 30.5 Å². The average molecular weight is 457 g/mol. The Balaban J connectivity index is 1.88. The van der Waals surface area contributed by atoms with Crippen LogP contribution >= 0.6 is 11.6 Å². The molecule has 0 aliphatic carbocycles. The molecule has 1 aliphatic rings. The third kappa shape index (κ3) is 3.36. The lowest BCUT2D eigenvalue weighted by atomic mass is 9.82. The normalized spacial score (nSPS) is 18.8. The minimum absolute atomic E-state index is 0.0768. The van der Waals surface area contributed by atoms with E-state index in [1.165, 1.54) is 26.4 Å². The van der Waals surface area contributed by atoms with Gasteiger partial charge in [0.15, 0.2) is 5.82 Å². The summed E-state index contributed by atoms with van der Waals surface area (Å²) < 4.78 is 55.8. The number of rotatable bonds is 5. The standard InChI is InChI=1S/C19H17ClF4N6O/c1-18(12-3-2-4-13(16(12)20)19(22,23)24)17-14(5-8-28(18)11-31)30(27-25-17)15-6-9-29(26-15)10-7-21/h2-4,6,9,11H,5,7-8,10H2,1H3. The van der Waals surface area contributed by atoms with Crippen molar-refractivity contribution in [1.82, 2.24) is 29.7 Å². The summed E-state index contributed by atoms with van der Waals surface area (Å²) in [5.74, 6) is 0.388. The number of halogens is 5. The van der Waals surface area contributed by atoms with Gasteiger partial charge in [0.1, 0.15) is 17.9 Å². The van der Waals surface area contributed by atoms with E-state index in [4.69, 9.17) is 11.6 Å². The topological polar surface area (TPSA) is 68.8 Å². The summed E-state index contributed by atoms with van der Waals surface area (Å²) >= 11 is 6.20. The minimum Gasteiger partial charge on any atom is -0.330 e. The molecule has 1 amide bonds. The molecule has 0 N–H and O–H groups in total. The van der Waals surface area contributed by atoms with Crippen LogP contribution in [0.5, 0.6) is 0 Å². The molecule has 4 rings (SSSR count). The number of hydrogen-bond donors (Lipinski definition) is 0. The first kappa shape index (κ1) is 21.3. The Morgan fingerprint density at radius 3 is 2.74 bits per heavy atom. The maximum absolute atomic E-state index is 13.4. The molecule has 1 unspecified atom stereocenters. The number of nitrogens with zero attached hydrogens (tertiary/aromatic N) is 6. The van der Waals surface area contributed by atoms with E-state index in [1.807, 2.05) is 0 Å². The zero-order chi connectivity index (χ0) is 22.4. The molecule has 31 heavy (non-hydrogen) atoms. The fourth-order valence-corrected chi connectivity index (χ4v) is 4.33. The van der Waals surface area contributed by atoms with Crippen molar-refractivity contribution in [2.24, 2.45) is 0 Å². The Hall–Kier alpha value is -2.95. The number of fused-ring (bicyclic) bond motifs is 1. The second kappa shape index (κ2) is 7.63. The molecule has 0 saturated carbocycles. The van der Waals surface area contributed by atoms with E-state index in [-0.39, 0.29) is 18.7 Å². The van der Waals surface area contributed by atoms with E-state index in [0.717, 1.165) is 6.07 Å². The number of aryl methyl sites for hydroxylation is 1. The van der Waals surface area contributed by atoms with Gasteiger partial charge in [-0.2, -0.15) is 23.0 Å². The van der Waals surface area contributed by atoms with Crippen LogP contribution < -0.4 is 0 Å². The molecule has 1 aliphatic heterocycles. The number of carbonyl (C=O) groups is 1. The third-order valence-corrected chi connectivity index (χ3v) is 5.91. The fraction of sp³-hybridized carbons (Fsp3) is 0.368. The first-order chi connectivity index (χ1) is 14.7. The van der Waals surface area contributed by atoms with Crippen LogP contribution in [-0.4, -0.2) is 49.3 Å². The quantitative estimate of drug-likeness (QED) is 0.436. The van der Waals surface area contributed by atoms with Crippen LogP contribution in [0, 0.1) is 0 Å². The number of hydrogen-bond acceptors (Lipinski definition) is 4. The molecule has 0 bridgehead atoms. The van der Waals surface area contributed by atoms with Gasteiger partial charge in [0.2, 0.25) is 6.41 Å². The lowest BCUT2D eigenvalue weighted by Gasteiger charge is -2.42. The number of amides is 1. The Kier molecular flexibility index (Phi) is 5.24. The average Bonchev–Trinajstić information content (AvgIpc) is 3.35. The molecule has 164 valence electrons. The summed E-state index contributed by atoms with van der Waals surface area (Å²) in [5.41, 5.74) is -1.41. The molecule has 7 nitrogen and oxygen atoms in total. The van der Waals surface area contributed by atoms with Crippen molar-refractivity contribution >= 4 is 18.0 Å². The highest BCUT2D eigenvalue weighted by atomic mass is 35.5. The number of carbonyl (C=O) groups excluding carboxylic acids is 1. The summed E-state index contributed by atoms with van der Waals surface area (Å²) in [6.07, 6.45) is -2.15. The highest BCUT2D eigenvalue weighted by Gasteiger charge is 2.46. The largest absolute Gasteiger partial charge is 0.417 e. The monoisotopic (exact) mass is 456 g/mol. The van der Waals surface area contributed by atoms with E-state index in [2.05, 4.69) is 15.4 Å². The second-order valence-electron chi connectivity index (χ2n) is 7.21. The number of alkyl halides is 4. The molecule has 0 fully saturated rings. The SMILES string of the molecule is CC1(c2cccc(C(F)(F)F)c2Cl)c2nnn(-c3ccn(CCF)n3)c2CCN1C=O. The van der Waals surface area contributed by atoms with Crippen molar-refractivity contribution in [3.05, 3.63) is 58.0 Å². The van der Waals surface area contributed by atoms with Crippen LogP contribution in [-0.2, 0) is 29.5 Å². The van der Waals surface area contributed by atoms with Crippen molar-refractivity contribution in [3.8, 4) is 5.82 Å². The summed E-state index contributed by atoms with van der Waals surface area (Å²) in [7, 11) is 0. The van der Waals surface area contributed by atoms with Gasteiger partial charge in [0.05, 0.1) is 22.8 Å². The van der Waals surface area contributed by atoms with E-state index in [9.17, 15) is 22.4 Å². The van der Waals surface area contributed by atoms with Crippen LogP contribution in [0.4, 0.5) is 17.6 Å². The third-order valence-electron chi connectivity index (χ3n) is 5.50. The maximum atomic E-state index is 13.4. The molecule has 12 heteroatoms. The van der Waals surface area contributed by atoms with Crippen LogP contribution in [0.25, 0.3) is 5.82 Å². The van der Waals surface area contributed by atoms with Gasteiger partial charge in [0.25, 0.3) is 0 Å². The van der Waals surface area contributed by atoms with Crippen molar-refractivity contribution < 1.29 is 22.4 Å². The van der Waals surface area contributed by atoms with Crippen LogP contribution in [0.2, 0.25) is 5.02 Å². The van der Waals surface area contributed by atoms with E-state index in [0.29, 0.717) is 30.0 Å². The summed E-state index contributed by atoms with van der Waals surface area (Å²) in [6.45, 7) is 1.28. The molecule has 3 aromatic rings. The van der Waals surface area contributed by atoms with Gasteiger partial charge in [-0.15, -0.1) is 5.10 Å². The summed E-state index contributed by atoms with van der Waals surface area (Å²) in [5, 5.41) is 12.1. The zero-order valence-corrected chi connectivity index (χ0v) is 17.0. The van der Waals surface area contributed by atoms with E-state index >= 15 is 0 Å². The number of aromatic nitrogens is 5. The van der Waals surface area contributed by atoms with Gasteiger partial charge in [-0.25, -0.2) is 4.39 Å². The summed E-state index contributed by atoms with van der Waals surface area (Å²) in [4.78, 5) is 13.2. The minimum atomic E-state index is -4.66. The van der Waals surface area contributed by atoms with E-state index < -0.39 is 29.0 Å². The molecule has 0 spiro atoms. The lowest BCUT2D eigenvalue weighted by molar-refractivity contribution is -0.137. The molecule has 0 saturated heterocycles. The van der Waals surface area contributed by atoms with E-state index in [1.54, 1.807) is 19.2 Å². The molecule has 3 heterocycles. The molecular weight excluding hydrogens is 440 g/mol. The Labute approximate surface area is 179 Å². The predicted octanol–water partition coefficient (Wildman–Crippen LogP) is 3.38. The first-order valence-electron chi connectivity index (χ1n) is 9.35. The molecule has 0 radical (unpaired) electrons. The summed E-state index contributed by atoms with van der Waals surface area (Å²) in [6, 6.07) is 5.21. The fourth-order valence-electron chi connectivity index (χ4n) is 3.92. The van der Waals surface area contributed by atoms with Crippen LogP contribution in [0.3, 0.4) is 0 Å². The van der Waals surface area contributed by atoms with Gasteiger partial charge in [0, 0.05) is 30.8 Å². The number of benzene rings is 1. The molecule has 1 atom stereocenters. The molecule has 1 aromatic carbocycles. The lowest BCUT2D eigenvalue weighted by Crippen LogP contribution is -2.49. The van der Waals surface area contributed by atoms with Crippen molar-refractivity contribution in [2.75, 3.05) is 13.2 Å². The van der Waals surface area contributed by atoms with Crippen LogP contribution in [0.1, 0.15) is 29.4 Å².